The molecule has 8 heteroatoms. The molecule has 1 aliphatic rings. The Bertz CT molecular complexity index is 747. The normalized spacial score (nSPS) is 14.1. The molecule has 1 N–H and O–H groups in total. The van der Waals surface area contributed by atoms with Gasteiger partial charge in [-0.3, -0.25) is 4.79 Å². The van der Waals surface area contributed by atoms with Crippen LogP contribution >= 0.6 is 0 Å². The van der Waals surface area contributed by atoms with Crippen LogP contribution in [0.2, 0.25) is 0 Å². The molecule has 3 rings (SSSR count). The minimum absolute atomic E-state index is 0.0695. The summed E-state index contributed by atoms with van der Waals surface area (Å²) in [6, 6.07) is 3.28. The van der Waals surface area contributed by atoms with Gasteiger partial charge in [0, 0.05) is 19.3 Å². The second kappa shape index (κ2) is 6.23. The summed E-state index contributed by atoms with van der Waals surface area (Å²) in [7, 11) is 0. The molecule has 5 nitrogen and oxygen atoms in total. The zero-order chi connectivity index (χ0) is 16.4. The average Bonchev–Trinajstić information content (AvgIpc) is 3.09. The molecule has 0 radical (unpaired) electrons. The van der Waals surface area contributed by atoms with E-state index in [1.54, 1.807) is 4.90 Å². The largest absolute Gasteiger partial charge is 0.337 e. The molecular formula is C15H13F3N4O. The predicted octanol–water partition coefficient (Wildman–Crippen LogP) is 2.87. The van der Waals surface area contributed by atoms with Crippen molar-refractivity contribution in [3.05, 3.63) is 47.5 Å². The zero-order valence-corrected chi connectivity index (χ0v) is 12.0. The maximum atomic E-state index is 13.6. The summed E-state index contributed by atoms with van der Waals surface area (Å²) in [6.45, 7) is 1.34. The fraction of sp³-hybridized carbons (Fsp3) is 0.267. The monoisotopic (exact) mass is 322 g/mol. The lowest BCUT2D eigenvalue weighted by Crippen LogP contribution is -2.28. The molecule has 1 fully saturated rings. The third-order valence-corrected chi connectivity index (χ3v) is 3.55. The molecule has 2 heterocycles. The number of anilines is 2. The van der Waals surface area contributed by atoms with Crippen LogP contribution in [0, 0.1) is 17.5 Å². The third kappa shape index (κ3) is 3.10. The van der Waals surface area contributed by atoms with Gasteiger partial charge in [-0.15, -0.1) is 0 Å². The Hall–Kier alpha value is -2.64. The fourth-order valence-electron chi connectivity index (χ4n) is 2.36. The van der Waals surface area contributed by atoms with Crippen molar-refractivity contribution in [2.75, 3.05) is 18.4 Å². The molecule has 1 amide bonds. The molecule has 0 unspecified atom stereocenters. The summed E-state index contributed by atoms with van der Waals surface area (Å²) < 4.78 is 39.8. The highest BCUT2D eigenvalue weighted by atomic mass is 19.2. The molecule has 1 aliphatic heterocycles. The smallest absolute Gasteiger partial charge is 0.272 e. The number of hydrogen-bond donors (Lipinski definition) is 1. The van der Waals surface area contributed by atoms with Gasteiger partial charge < -0.3 is 10.2 Å². The van der Waals surface area contributed by atoms with Crippen molar-refractivity contribution in [2.45, 2.75) is 12.8 Å². The molecule has 0 spiro atoms. The van der Waals surface area contributed by atoms with E-state index < -0.39 is 17.5 Å². The first kappa shape index (κ1) is 15.3. The first-order valence-corrected chi connectivity index (χ1v) is 7.09. The molecule has 0 atom stereocenters. The summed E-state index contributed by atoms with van der Waals surface area (Å²) in [6.07, 6.45) is 3.24. The summed E-state index contributed by atoms with van der Waals surface area (Å²) in [5, 5.41) is 2.45. The highest BCUT2D eigenvalue weighted by Gasteiger charge is 2.21. The molecule has 120 valence electrons. The van der Waals surface area contributed by atoms with Gasteiger partial charge in [0.2, 0.25) is 5.95 Å². The highest BCUT2D eigenvalue weighted by molar-refractivity contribution is 5.92. The van der Waals surface area contributed by atoms with Crippen LogP contribution in [0.15, 0.2) is 24.4 Å². The van der Waals surface area contributed by atoms with Crippen molar-refractivity contribution in [1.82, 2.24) is 14.9 Å². The molecule has 23 heavy (non-hydrogen) atoms. The minimum atomic E-state index is -1.58. The van der Waals surface area contributed by atoms with Gasteiger partial charge >= 0.3 is 0 Å². The first-order valence-electron chi connectivity index (χ1n) is 7.09. The summed E-state index contributed by atoms with van der Waals surface area (Å²) in [5.41, 5.74) is -0.151. The van der Waals surface area contributed by atoms with E-state index in [0.29, 0.717) is 13.1 Å². The summed E-state index contributed by atoms with van der Waals surface area (Å²) in [5.74, 6) is -4.55. The van der Waals surface area contributed by atoms with Crippen LogP contribution in [-0.4, -0.2) is 33.9 Å². The van der Waals surface area contributed by atoms with Gasteiger partial charge in [-0.05, 0) is 31.0 Å². The van der Waals surface area contributed by atoms with E-state index in [-0.39, 0.29) is 23.2 Å². The second-order valence-electron chi connectivity index (χ2n) is 5.11. The lowest BCUT2D eigenvalue weighted by molar-refractivity contribution is 0.0787. The topological polar surface area (TPSA) is 58.1 Å². The van der Waals surface area contributed by atoms with Crippen LogP contribution in [0.5, 0.6) is 0 Å². The second-order valence-corrected chi connectivity index (χ2v) is 5.11. The number of likely N-dealkylation sites (tertiary alicyclic amines) is 1. The van der Waals surface area contributed by atoms with Gasteiger partial charge in [0.1, 0.15) is 5.69 Å². The van der Waals surface area contributed by atoms with Crippen LogP contribution in [0.3, 0.4) is 0 Å². The molecule has 2 aromatic rings. The SMILES string of the molecule is O=C(c1ccnc(Nc2ccc(F)c(F)c2F)n1)N1CCCC1. The first-order chi connectivity index (χ1) is 11.1. The molecular weight excluding hydrogens is 309 g/mol. The number of nitrogens with zero attached hydrogens (tertiary/aromatic N) is 3. The Kier molecular flexibility index (Phi) is 4.14. The van der Waals surface area contributed by atoms with Crippen LogP contribution in [-0.2, 0) is 0 Å². The fourth-order valence-corrected chi connectivity index (χ4v) is 2.36. The number of hydrogen-bond acceptors (Lipinski definition) is 4. The van der Waals surface area contributed by atoms with Crippen LogP contribution in [0.1, 0.15) is 23.3 Å². The minimum Gasteiger partial charge on any atom is -0.337 e. The number of carbonyl (C=O) groups is 1. The summed E-state index contributed by atoms with van der Waals surface area (Å²) >= 11 is 0. The molecule has 1 saturated heterocycles. The highest BCUT2D eigenvalue weighted by Crippen LogP contribution is 2.22. The number of aromatic nitrogens is 2. The third-order valence-electron chi connectivity index (χ3n) is 3.55. The maximum absolute atomic E-state index is 13.6. The number of amides is 1. The Morgan fingerprint density at radius 3 is 2.57 bits per heavy atom. The predicted molar refractivity (Wildman–Crippen MR) is 76.8 cm³/mol. The van der Waals surface area contributed by atoms with E-state index in [4.69, 9.17) is 0 Å². The van der Waals surface area contributed by atoms with Crippen molar-refractivity contribution in [2.24, 2.45) is 0 Å². The standard InChI is InChI=1S/C15H13F3N4O/c16-9-3-4-10(13(18)12(9)17)20-15-19-6-5-11(21-15)14(23)22-7-1-2-8-22/h3-6H,1-2,7-8H2,(H,19,20,21). The molecule has 1 aromatic carbocycles. The average molecular weight is 322 g/mol. The van der Waals surface area contributed by atoms with Gasteiger partial charge in [0.15, 0.2) is 17.5 Å². The van der Waals surface area contributed by atoms with Crippen molar-refractivity contribution in [1.29, 1.82) is 0 Å². The number of halogens is 3. The van der Waals surface area contributed by atoms with Gasteiger partial charge in [-0.2, -0.15) is 0 Å². The summed E-state index contributed by atoms with van der Waals surface area (Å²) in [4.78, 5) is 21.8. The number of benzene rings is 1. The van der Waals surface area contributed by atoms with Gasteiger partial charge in [0.25, 0.3) is 5.91 Å². The van der Waals surface area contributed by atoms with Crippen molar-refractivity contribution in [3.8, 4) is 0 Å². The zero-order valence-electron chi connectivity index (χ0n) is 12.0. The van der Waals surface area contributed by atoms with E-state index in [9.17, 15) is 18.0 Å². The Morgan fingerprint density at radius 1 is 1.09 bits per heavy atom. The van der Waals surface area contributed by atoms with Gasteiger partial charge in [-0.25, -0.2) is 23.1 Å². The molecule has 0 bridgehead atoms. The Balaban J connectivity index is 1.83. The molecule has 0 aliphatic carbocycles. The van der Waals surface area contributed by atoms with E-state index >= 15 is 0 Å². The van der Waals surface area contributed by atoms with E-state index in [1.165, 1.54) is 12.3 Å². The van der Waals surface area contributed by atoms with E-state index in [2.05, 4.69) is 15.3 Å². The lowest BCUT2D eigenvalue weighted by Gasteiger charge is -2.15. The Morgan fingerprint density at radius 2 is 1.83 bits per heavy atom. The van der Waals surface area contributed by atoms with Crippen LogP contribution in [0.25, 0.3) is 0 Å². The van der Waals surface area contributed by atoms with Crippen molar-refractivity contribution in [3.63, 3.8) is 0 Å². The van der Waals surface area contributed by atoms with Crippen molar-refractivity contribution < 1.29 is 18.0 Å². The quantitative estimate of drug-likeness (QED) is 0.883. The Labute approximate surface area is 130 Å². The van der Waals surface area contributed by atoms with Crippen LogP contribution < -0.4 is 5.32 Å². The van der Waals surface area contributed by atoms with E-state index in [0.717, 1.165) is 25.0 Å². The van der Waals surface area contributed by atoms with Crippen LogP contribution in [0.4, 0.5) is 24.8 Å². The lowest BCUT2D eigenvalue weighted by atomic mass is 10.3. The molecule has 1 aromatic heterocycles. The van der Waals surface area contributed by atoms with Crippen molar-refractivity contribution >= 4 is 17.5 Å². The van der Waals surface area contributed by atoms with E-state index in [1.807, 2.05) is 0 Å². The van der Waals surface area contributed by atoms with Gasteiger partial charge in [0.05, 0.1) is 5.69 Å². The number of nitrogens with one attached hydrogen (secondary N) is 1. The maximum Gasteiger partial charge on any atom is 0.272 e. The molecule has 0 saturated carbocycles. The number of rotatable bonds is 3. The number of carbonyl (C=O) groups excluding carboxylic acids is 1. The van der Waals surface area contributed by atoms with Gasteiger partial charge in [-0.1, -0.05) is 0 Å².